The Morgan fingerprint density at radius 1 is 1.38 bits per heavy atom. The molecule has 0 fully saturated rings. The number of hydrogen-bond donors (Lipinski definition) is 1. The lowest BCUT2D eigenvalue weighted by molar-refractivity contribution is -0.147. The molecule has 0 saturated carbocycles. The van der Waals surface area contributed by atoms with Crippen LogP contribution in [0.1, 0.15) is 13.8 Å². The second kappa shape index (κ2) is 4.92. The van der Waals surface area contributed by atoms with Crippen molar-refractivity contribution >= 4 is 5.97 Å². The molecule has 0 saturated heterocycles. The van der Waals surface area contributed by atoms with Crippen LogP contribution < -0.4 is 4.74 Å². The predicted molar refractivity (Wildman–Crippen MR) is 53.2 cm³/mol. The maximum atomic E-state index is 13.2. The minimum absolute atomic E-state index is 0.262. The van der Waals surface area contributed by atoms with Crippen LogP contribution in [0.15, 0.2) is 18.2 Å². The van der Waals surface area contributed by atoms with Crippen molar-refractivity contribution in [1.29, 1.82) is 0 Å². The van der Waals surface area contributed by atoms with Gasteiger partial charge in [-0.3, -0.25) is 0 Å². The van der Waals surface area contributed by atoms with Gasteiger partial charge in [0.2, 0.25) is 0 Å². The Labute approximate surface area is 91.7 Å². The fourth-order valence-corrected chi connectivity index (χ4v) is 1.18. The average Bonchev–Trinajstić information content (AvgIpc) is 2.15. The number of carbonyl (C=O) groups is 1. The molecule has 1 aromatic rings. The summed E-state index contributed by atoms with van der Waals surface area (Å²) in [6.07, 6.45) is -1.15. The lowest BCUT2D eigenvalue weighted by Gasteiger charge is -2.18. The number of ether oxygens (including phenoxy) is 1. The van der Waals surface area contributed by atoms with Crippen molar-refractivity contribution in [3.63, 3.8) is 0 Å². The number of carboxylic acids is 1. The zero-order valence-electron chi connectivity index (χ0n) is 8.91. The van der Waals surface area contributed by atoms with E-state index < -0.39 is 23.7 Å². The van der Waals surface area contributed by atoms with E-state index in [1.54, 1.807) is 13.8 Å². The van der Waals surface area contributed by atoms with Gasteiger partial charge in [0.25, 0.3) is 0 Å². The van der Waals surface area contributed by atoms with E-state index in [-0.39, 0.29) is 11.7 Å². The van der Waals surface area contributed by atoms with Gasteiger partial charge in [-0.15, -0.1) is 0 Å². The highest BCUT2D eigenvalue weighted by atomic mass is 19.1. The molecule has 1 aromatic carbocycles. The number of rotatable bonds is 4. The summed E-state index contributed by atoms with van der Waals surface area (Å²) in [4.78, 5) is 10.8. The summed E-state index contributed by atoms with van der Waals surface area (Å²) < 4.78 is 30.8. The molecule has 0 bridgehead atoms. The van der Waals surface area contributed by atoms with Crippen LogP contribution in [0, 0.1) is 17.6 Å². The minimum atomic E-state index is -1.18. The second-order valence-electron chi connectivity index (χ2n) is 3.70. The summed E-state index contributed by atoms with van der Waals surface area (Å²) in [5.41, 5.74) is 0. The number of aliphatic carboxylic acids is 1. The van der Waals surface area contributed by atoms with Gasteiger partial charge in [-0.05, 0) is 12.1 Å². The summed E-state index contributed by atoms with van der Waals surface area (Å²) in [5, 5.41) is 8.83. The number of hydrogen-bond acceptors (Lipinski definition) is 2. The Bertz CT molecular complexity index is 391. The summed E-state index contributed by atoms with van der Waals surface area (Å²) in [5.74, 6) is -3.41. The smallest absolute Gasteiger partial charge is 0.345 e. The lowest BCUT2D eigenvalue weighted by Crippen LogP contribution is -2.32. The molecular weight excluding hydrogens is 218 g/mol. The normalized spacial score (nSPS) is 12.6. The molecule has 0 aliphatic heterocycles. The van der Waals surface area contributed by atoms with Crippen LogP contribution >= 0.6 is 0 Å². The summed E-state index contributed by atoms with van der Waals surface area (Å²) in [7, 11) is 0. The lowest BCUT2D eigenvalue weighted by atomic mass is 10.1. The van der Waals surface area contributed by atoms with E-state index in [1.165, 1.54) is 0 Å². The van der Waals surface area contributed by atoms with E-state index in [0.717, 1.165) is 12.1 Å². The molecule has 0 spiro atoms. The number of benzene rings is 1. The molecule has 0 radical (unpaired) electrons. The highest BCUT2D eigenvalue weighted by Crippen LogP contribution is 2.21. The monoisotopic (exact) mass is 230 g/mol. The Hall–Kier alpha value is -1.65. The minimum Gasteiger partial charge on any atom is -0.478 e. The zero-order valence-corrected chi connectivity index (χ0v) is 8.91. The van der Waals surface area contributed by atoms with Crippen LogP contribution in [-0.2, 0) is 4.79 Å². The molecule has 5 heteroatoms. The Morgan fingerprint density at radius 3 is 2.44 bits per heavy atom. The van der Waals surface area contributed by atoms with Crippen molar-refractivity contribution in [2.75, 3.05) is 0 Å². The molecule has 16 heavy (non-hydrogen) atoms. The molecule has 0 aromatic heterocycles. The van der Waals surface area contributed by atoms with Crippen molar-refractivity contribution in [3.05, 3.63) is 29.8 Å². The quantitative estimate of drug-likeness (QED) is 0.864. The molecule has 1 atom stereocenters. The first-order valence-corrected chi connectivity index (χ1v) is 4.76. The van der Waals surface area contributed by atoms with Crippen LogP contribution in [-0.4, -0.2) is 17.2 Å². The molecule has 0 unspecified atom stereocenters. The van der Waals surface area contributed by atoms with Crippen LogP contribution in [0.4, 0.5) is 8.78 Å². The first-order valence-electron chi connectivity index (χ1n) is 4.76. The van der Waals surface area contributed by atoms with E-state index >= 15 is 0 Å². The van der Waals surface area contributed by atoms with Crippen molar-refractivity contribution in [1.82, 2.24) is 0 Å². The van der Waals surface area contributed by atoms with Crippen molar-refractivity contribution in [3.8, 4) is 5.75 Å². The fourth-order valence-electron chi connectivity index (χ4n) is 1.18. The van der Waals surface area contributed by atoms with Gasteiger partial charge in [-0.25, -0.2) is 13.6 Å². The maximum Gasteiger partial charge on any atom is 0.345 e. The van der Waals surface area contributed by atoms with Gasteiger partial charge < -0.3 is 9.84 Å². The van der Waals surface area contributed by atoms with E-state index in [2.05, 4.69) is 0 Å². The third kappa shape index (κ3) is 2.92. The van der Waals surface area contributed by atoms with E-state index in [4.69, 9.17) is 9.84 Å². The second-order valence-corrected chi connectivity index (χ2v) is 3.70. The van der Waals surface area contributed by atoms with Crippen LogP contribution in [0.5, 0.6) is 5.75 Å². The van der Waals surface area contributed by atoms with Crippen LogP contribution in [0.2, 0.25) is 0 Å². The molecule has 3 nitrogen and oxygen atoms in total. The predicted octanol–water partition coefficient (Wildman–Crippen LogP) is 2.45. The molecule has 1 rings (SSSR count). The third-order valence-corrected chi connectivity index (χ3v) is 2.00. The average molecular weight is 230 g/mol. The molecule has 0 amide bonds. The summed E-state index contributed by atoms with van der Waals surface area (Å²) >= 11 is 0. The van der Waals surface area contributed by atoms with Gasteiger partial charge >= 0.3 is 5.97 Å². The molecule has 88 valence electrons. The maximum absolute atomic E-state index is 13.2. The van der Waals surface area contributed by atoms with Crippen molar-refractivity contribution in [2.45, 2.75) is 20.0 Å². The Morgan fingerprint density at radius 2 is 2.00 bits per heavy atom. The van der Waals surface area contributed by atoms with E-state index in [1.807, 2.05) is 0 Å². The molecule has 0 aliphatic rings. The first kappa shape index (κ1) is 12.4. The van der Waals surface area contributed by atoms with Crippen molar-refractivity contribution < 1.29 is 23.4 Å². The molecule has 0 aliphatic carbocycles. The Balaban J connectivity index is 2.90. The number of carboxylic acid groups (broad SMARTS) is 1. The Kier molecular flexibility index (Phi) is 3.82. The molecular formula is C11H12F2O3. The standard InChI is InChI=1S/C11H12F2O3/c1-6(2)10(11(14)15)16-9-4-3-7(12)5-8(9)13/h3-6,10H,1-2H3,(H,14,15)/t10-/m0/s1. The van der Waals surface area contributed by atoms with Gasteiger partial charge in [0.1, 0.15) is 5.82 Å². The van der Waals surface area contributed by atoms with Crippen LogP contribution in [0.3, 0.4) is 0 Å². The highest BCUT2D eigenvalue weighted by Gasteiger charge is 2.24. The van der Waals surface area contributed by atoms with Gasteiger partial charge in [0.05, 0.1) is 0 Å². The van der Waals surface area contributed by atoms with Gasteiger partial charge in [0, 0.05) is 12.0 Å². The number of halogens is 2. The highest BCUT2D eigenvalue weighted by molar-refractivity contribution is 5.73. The molecule has 1 N–H and O–H groups in total. The third-order valence-electron chi connectivity index (χ3n) is 2.00. The van der Waals surface area contributed by atoms with E-state index in [0.29, 0.717) is 6.07 Å². The molecule has 0 heterocycles. The first-order chi connectivity index (χ1) is 7.41. The van der Waals surface area contributed by atoms with Gasteiger partial charge in [-0.2, -0.15) is 0 Å². The SMILES string of the molecule is CC(C)[C@H](Oc1ccc(F)cc1F)C(=O)O. The van der Waals surface area contributed by atoms with E-state index in [9.17, 15) is 13.6 Å². The van der Waals surface area contributed by atoms with Crippen molar-refractivity contribution in [2.24, 2.45) is 5.92 Å². The topological polar surface area (TPSA) is 46.5 Å². The van der Waals surface area contributed by atoms with Gasteiger partial charge in [-0.1, -0.05) is 13.8 Å². The fraction of sp³-hybridized carbons (Fsp3) is 0.364. The zero-order chi connectivity index (χ0) is 12.3. The summed E-state index contributed by atoms with van der Waals surface area (Å²) in [6.45, 7) is 3.28. The van der Waals surface area contributed by atoms with Gasteiger partial charge in [0.15, 0.2) is 17.7 Å². The summed E-state index contributed by atoms with van der Waals surface area (Å²) in [6, 6.07) is 2.73. The largest absolute Gasteiger partial charge is 0.478 e. The van der Waals surface area contributed by atoms with Crippen LogP contribution in [0.25, 0.3) is 0 Å².